The zero-order valence-electron chi connectivity index (χ0n) is 17.1. The SMILES string of the molecule is CC1CCc2cc(C#N)c(NCc3ccc(N(C)C(=O)c4ccncc4)cc3)nc21. The molecule has 6 nitrogen and oxygen atoms in total. The minimum absolute atomic E-state index is 0.0848. The van der Waals surface area contributed by atoms with Gasteiger partial charge >= 0.3 is 0 Å². The van der Waals surface area contributed by atoms with Gasteiger partial charge in [0.2, 0.25) is 0 Å². The standard InChI is InChI=1S/C24H23N5O/c1-16-3-6-19-13-20(14-25)23(28-22(16)19)27-15-17-4-7-21(8-5-17)29(2)24(30)18-9-11-26-12-10-18/h4-5,7-13,16H,3,6,15H2,1-2H3,(H,27,28). The molecule has 2 heterocycles. The van der Waals surface area contributed by atoms with Crippen molar-refractivity contribution in [3.05, 3.63) is 82.8 Å². The van der Waals surface area contributed by atoms with Gasteiger partial charge in [-0.05, 0) is 60.2 Å². The van der Waals surface area contributed by atoms with E-state index in [2.05, 4.69) is 23.3 Å². The number of amides is 1. The summed E-state index contributed by atoms with van der Waals surface area (Å²) in [6.07, 6.45) is 5.30. The molecule has 1 amide bonds. The average Bonchev–Trinajstić information content (AvgIpc) is 3.16. The quantitative estimate of drug-likeness (QED) is 0.695. The van der Waals surface area contributed by atoms with Gasteiger partial charge in [-0.25, -0.2) is 4.98 Å². The van der Waals surface area contributed by atoms with E-state index < -0.39 is 0 Å². The van der Waals surface area contributed by atoms with Gasteiger partial charge in [0.15, 0.2) is 0 Å². The fourth-order valence-electron chi connectivity index (χ4n) is 3.75. The largest absolute Gasteiger partial charge is 0.365 e. The Morgan fingerprint density at radius 3 is 2.67 bits per heavy atom. The van der Waals surface area contributed by atoms with Gasteiger partial charge in [0.05, 0.1) is 5.56 Å². The molecule has 1 unspecified atom stereocenters. The molecule has 0 aliphatic heterocycles. The summed E-state index contributed by atoms with van der Waals surface area (Å²) in [5.41, 5.74) is 5.32. The van der Waals surface area contributed by atoms with E-state index in [0.29, 0.717) is 29.4 Å². The molecule has 1 aliphatic rings. The Bertz CT molecular complexity index is 1100. The number of nitriles is 1. The summed E-state index contributed by atoms with van der Waals surface area (Å²) in [5, 5.41) is 12.8. The first-order chi connectivity index (χ1) is 14.6. The lowest BCUT2D eigenvalue weighted by molar-refractivity contribution is 0.0993. The smallest absolute Gasteiger partial charge is 0.258 e. The third kappa shape index (κ3) is 3.87. The number of rotatable bonds is 5. The van der Waals surface area contributed by atoms with E-state index in [0.717, 1.165) is 29.8 Å². The van der Waals surface area contributed by atoms with Crippen molar-refractivity contribution in [2.24, 2.45) is 0 Å². The van der Waals surface area contributed by atoms with Crippen LogP contribution in [0.2, 0.25) is 0 Å². The van der Waals surface area contributed by atoms with Crippen LogP contribution in [0.15, 0.2) is 54.9 Å². The van der Waals surface area contributed by atoms with Crippen LogP contribution in [0, 0.1) is 11.3 Å². The van der Waals surface area contributed by atoms with Crippen molar-refractivity contribution < 1.29 is 4.79 Å². The number of aromatic nitrogens is 2. The summed E-state index contributed by atoms with van der Waals surface area (Å²) in [5.74, 6) is 0.985. The number of anilines is 2. The van der Waals surface area contributed by atoms with Crippen molar-refractivity contribution in [2.75, 3.05) is 17.3 Å². The summed E-state index contributed by atoms with van der Waals surface area (Å²) < 4.78 is 0. The number of aryl methyl sites for hydroxylation is 1. The van der Waals surface area contributed by atoms with Crippen molar-refractivity contribution in [1.82, 2.24) is 9.97 Å². The number of hydrogen-bond acceptors (Lipinski definition) is 5. The molecule has 0 spiro atoms. The predicted octanol–water partition coefficient (Wildman–Crippen LogP) is 4.29. The van der Waals surface area contributed by atoms with E-state index in [1.54, 1.807) is 36.5 Å². The fourth-order valence-corrected chi connectivity index (χ4v) is 3.75. The van der Waals surface area contributed by atoms with Crippen LogP contribution < -0.4 is 10.2 Å². The van der Waals surface area contributed by atoms with Crippen molar-refractivity contribution in [1.29, 1.82) is 5.26 Å². The van der Waals surface area contributed by atoms with Crippen molar-refractivity contribution >= 4 is 17.4 Å². The van der Waals surface area contributed by atoms with Crippen molar-refractivity contribution in [3.63, 3.8) is 0 Å². The Hall–Kier alpha value is -3.72. The van der Waals surface area contributed by atoms with Gasteiger partial charge in [-0.2, -0.15) is 5.26 Å². The molecule has 0 saturated carbocycles. The number of nitrogens with zero attached hydrogens (tertiary/aromatic N) is 4. The highest BCUT2D eigenvalue weighted by Crippen LogP contribution is 2.33. The molecule has 0 saturated heterocycles. The van der Waals surface area contributed by atoms with Crippen LogP contribution in [-0.2, 0) is 13.0 Å². The molecule has 6 heteroatoms. The maximum absolute atomic E-state index is 12.6. The summed E-state index contributed by atoms with van der Waals surface area (Å²) in [6.45, 7) is 2.73. The van der Waals surface area contributed by atoms with Gasteiger partial charge in [0.1, 0.15) is 11.9 Å². The highest BCUT2D eigenvalue weighted by atomic mass is 16.2. The average molecular weight is 397 g/mol. The van der Waals surface area contributed by atoms with Crippen LogP contribution in [0.3, 0.4) is 0 Å². The Labute approximate surface area is 176 Å². The molecule has 1 N–H and O–H groups in total. The van der Waals surface area contributed by atoms with E-state index >= 15 is 0 Å². The van der Waals surface area contributed by atoms with E-state index in [9.17, 15) is 10.1 Å². The van der Waals surface area contributed by atoms with Gasteiger partial charge in [-0.3, -0.25) is 9.78 Å². The molecule has 1 aliphatic carbocycles. The van der Waals surface area contributed by atoms with E-state index in [1.807, 2.05) is 30.3 Å². The van der Waals surface area contributed by atoms with Gasteiger partial charge in [-0.15, -0.1) is 0 Å². The third-order valence-corrected chi connectivity index (χ3v) is 5.58. The Kier molecular flexibility index (Phi) is 5.44. The fraction of sp³-hybridized carbons (Fsp3) is 0.250. The zero-order chi connectivity index (χ0) is 21.1. The Morgan fingerprint density at radius 2 is 1.97 bits per heavy atom. The molecule has 2 aromatic heterocycles. The Morgan fingerprint density at radius 1 is 1.23 bits per heavy atom. The van der Waals surface area contributed by atoms with Crippen molar-refractivity contribution in [3.8, 4) is 6.07 Å². The van der Waals surface area contributed by atoms with Crippen LogP contribution in [0.5, 0.6) is 0 Å². The number of carbonyl (C=O) groups excluding carboxylic acids is 1. The van der Waals surface area contributed by atoms with Crippen LogP contribution >= 0.6 is 0 Å². The topological polar surface area (TPSA) is 81.9 Å². The second kappa shape index (κ2) is 8.34. The zero-order valence-corrected chi connectivity index (χ0v) is 17.1. The molecule has 1 aromatic carbocycles. The minimum Gasteiger partial charge on any atom is -0.365 e. The number of fused-ring (bicyclic) bond motifs is 1. The number of benzene rings is 1. The first kappa shape index (κ1) is 19.6. The van der Waals surface area contributed by atoms with Crippen LogP contribution in [0.1, 0.15) is 52.0 Å². The third-order valence-electron chi connectivity index (χ3n) is 5.58. The molecule has 150 valence electrons. The lowest BCUT2D eigenvalue weighted by atomic mass is 10.1. The normalized spacial score (nSPS) is 14.6. The van der Waals surface area contributed by atoms with E-state index in [1.165, 1.54) is 5.56 Å². The molecular weight excluding hydrogens is 374 g/mol. The van der Waals surface area contributed by atoms with E-state index in [4.69, 9.17) is 4.98 Å². The predicted molar refractivity (Wildman–Crippen MR) is 116 cm³/mol. The second-order valence-corrected chi connectivity index (χ2v) is 7.60. The highest BCUT2D eigenvalue weighted by Gasteiger charge is 2.22. The molecule has 0 fully saturated rings. The number of carbonyl (C=O) groups is 1. The molecule has 0 radical (unpaired) electrons. The summed E-state index contributed by atoms with van der Waals surface area (Å²) in [7, 11) is 1.75. The summed E-state index contributed by atoms with van der Waals surface area (Å²) in [6, 6.07) is 15.4. The van der Waals surface area contributed by atoms with E-state index in [-0.39, 0.29) is 5.91 Å². The lowest BCUT2D eigenvalue weighted by Gasteiger charge is -2.18. The molecule has 3 aromatic rings. The molecule has 30 heavy (non-hydrogen) atoms. The number of hydrogen-bond donors (Lipinski definition) is 1. The van der Waals surface area contributed by atoms with Gasteiger partial charge in [0, 0.05) is 42.9 Å². The number of pyridine rings is 2. The lowest BCUT2D eigenvalue weighted by Crippen LogP contribution is -2.26. The molecule has 4 rings (SSSR count). The highest BCUT2D eigenvalue weighted by molar-refractivity contribution is 6.05. The van der Waals surface area contributed by atoms with Gasteiger partial charge in [-0.1, -0.05) is 19.1 Å². The van der Waals surface area contributed by atoms with Crippen molar-refractivity contribution in [2.45, 2.75) is 32.2 Å². The van der Waals surface area contributed by atoms with Gasteiger partial charge < -0.3 is 10.2 Å². The summed E-state index contributed by atoms with van der Waals surface area (Å²) in [4.78, 5) is 22.9. The maximum Gasteiger partial charge on any atom is 0.258 e. The second-order valence-electron chi connectivity index (χ2n) is 7.60. The van der Waals surface area contributed by atoms with Gasteiger partial charge in [0.25, 0.3) is 5.91 Å². The van der Waals surface area contributed by atoms with Crippen LogP contribution in [-0.4, -0.2) is 22.9 Å². The van der Waals surface area contributed by atoms with Crippen LogP contribution in [0.4, 0.5) is 11.5 Å². The molecule has 0 bridgehead atoms. The first-order valence-corrected chi connectivity index (χ1v) is 10.0. The monoisotopic (exact) mass is 397 g/mol. The van der Waals surface area contributed by atoms with Crippen LogP contribution in [0.25, 0.3) is 0 Å². The maximum atomic E-state index is 12.6. The molecule has 1 atom stereocenters. The minimum atomic E-state index is -0.0848. The molecular formula is C24H23N5O. The number of nitrogens with one attached hydrogen (secondary N) is 1. The Balaban J connectivity index is 1.45. The first-order valence-electron chi connectivity index (χ1n) is 10.0. The summed E-state index contributed by atoms with van der Waals surface area (Å²) >= 11 is 0.